The van der Waals surface area contributed by atoms with Crippen LogP contribution >= 0.6 is 19.9 Å². The van der Waals surface area contributed by atoms with Crippen LogP contribution in [0.25, 0.3) is 6.08 Å². The minimum Gasteiger partial charge on any atom is -0.487 e. The molecule has 5 fully saturated rings. The van der Waals surface area contributed by atoms with Gasteiger partial charge in [-0.3, -0.25) is 4.79 Å². The molecule has 2 unspecified atom stereocenters. The second-order valence-corrected chi connectivity index (χ2v) is 11.8. The normalized spacial score (nSPS) is 32.7. The summed E-state index contributed by atoms with van der Waals surface area (Å²) in [5.74, 6) is 1.55. The fourth-order valence-corrected chi connectivity index (χ4v) is 8.12. The van der Waals surface area contributed by atoms with Crippen LogP contribution in [-0.4, -0.2) is 24.1 Å². The van der Waals surface area contributed by atoms with Crippen LogP contribution in [0.15, 0.2) is 42.7 Å². The third-order valence-corrected chi connectivity index (χ3v) is 9.55. The van der Waals surface area contributed by atoms with Crippen LogP contribution in [0.4, 0.5) is 0 Å². The number of carbonyl (C=O) groups is 1. The first-order valence-corrected chi connectivity index (χ1v) is 14.5. The first-order chi connectivity index (χ1) is 18.9. The summed E-state index contributed by atoms with van der Waals surface area (Å²) in [7, 11) is -1.12. The van der Waals surface area contributed by atoms with Gasteiger partial charge < -0.3 is 14.2 Å². The lowest BCUT2D eigenvalue weighted by Crippen LogP contribution is -2.76. The van der Waals surface area contributed by atoms with E-state index in [0.29, 0.717) is 40.2 Å². The highest BCUT2D eigenvalue weighted by Gasteiger charge is 2.77. The van der Waals surface area contributed by atoms with E-state index in [9.17, 15) is 9.36 Å². The summed E-state index contributed by atoms with van der Waals surface area (Å²) in [6, 6.07) is 10.3. The SMILES string of the molecule is COC1(c2ccc(/C=C/OC=O)c(OCc3ccc(O[P+](=O)O)cc3)c2Cl)OOC12C1CC3CC(C1)CC2C3. The Hall–Kier alpha value is -2.52. The molecule has 9 nitrogen and oxygen atoms in total. The highest BCUT2D eigenvalue weighted by atomic mass is 35.5. The zero-order valence-corrected chi connectivity index (χ0v) is 22.9. The predicted octanol–water partition coefficient (Wildman–Crippen LogP) is 6.05. The topological polar surface area (TPSA) is 110 Å². The van der Waals surface area contributed by atoms with Gasteiger partial charge in [0.15, 0.2) is 11.4 Å². The van der Waals surface area contributed by atoms with Gasteiger partial charge in [-0.1, -0.05) is 35.9 Å². The molecule has 1 aliphatic heterocycles. The minimum absolute atomic E-state index is 0.140. The average molecular weight is 576 g/mol. The van der Waals surface area contributed by atoms with Crippen molar-refractivity contribution in [3.63, 3.8) is 0 Å². The molecule has 2 aromatic rings. The maximum absolute atomic E-state index is 10.9. The van der Waals surface area contributed by atoms with E-state index in [4.69, 9.17) is 45.0 Å². The molecule has 1 heterocycles. The molecule has 1 saturated heterocycles. The maximum Gasteiger partial charge on any atom is 0.747 e. The average Bonchev–Trinajstić information content (AvgIpc) is 2.89. The number of carbonyl (C=O) groups excluding carboxylic acids is 1. The van der Waals surface area contributed by atoms with Gasteiger partial charge in [-0.25, -0.2) is 9.41 Å². The van der Waals surface area contributed by atoms with Crippen LogP contribution in [0.5, 0.6) is 11.5 Å². The molecule has 1 N–H and O–H groups in total. The van der Waals surface area contributed by atoms with Crippen molar-refractivity contribution in [2.24, 2.45) is 23.7 Å². The minimum atomic E-state index is -2.75. The van der Waals surface area contributed by atoms with Crippen molar-refractivity contribution >= 4 is 32.4 Å². The quantitative estimate of drug-likeness (QED) is 0.157. The Balaban J connectivity index is 1.34. The smallest absolute Gasteiger partial charge is 0.487 e. The molecule has 206 valence electrons. The number of methoxy groups -OCH3 is 1. The number of halogens is 1. The van der Waals surface area contributed by atoms with Gasteiger partial charge >= 0.3 is 8.25 Å². The van der Waals surface area contributed by atoms with Crippen LogP contribution in [0.3, 0.4) is 0 Å². The van der Waals surface area contributed by atoms with Crippen LogP contribution in [-0.2, 0) is 41.0 Å². The number of hydrogen-bond donors (Lipinski definition) is 1. The third-order valence-electron chi connectivity index (χ3n) is 8.80. The molecule has 2 atom stereocenters. The number of hydrogen-bond acceptors (Lipinski definition) is 8. The van der Waals surface area contributed by atoms with Crippen molar-refractivity contribution in [1.82, 2.24) is 0 Å². The van der Waals surface area contributed by atoms with Gasteiger partial charge in [0.05, 0.1) is 11.3 Å². The zero-order chi connectivity index (χ0) is 27.2. The van der Waals surface area contributed by atoms with Gasteiger partial charge in [-0.2, -0.15) is 4.89 Å². The van der Waals surface area contributed by atoms with Crippen molar-refractivity contribution in [3.05, 3.63) is 64.4 Å². The molecule has 4 bridgehead atoms. The largest absolute Gasteiger partial charge is 0.747 e. The van der Waals surface area contributed by atoms with E-state index in [1.807, 2.05) is 12.1 Å². The zero-order valence-electron chi connectivity index (χ0n) is 21.3. The Morgan fingerprint density at radius 2 is 1.74 bits per heavy atom. The summed E-state index contributed by atoms with van der Waals surface area (Å²) < 4.78 is 32.9. The Labute approximate surface area is 231 Å². The van der Waals surface area contributed by atoms with E-state index in [1.54, 1.807) is 37.5 Å². The van der Waals surface area contributed by atoms with Crippen LogP contribution in [0.2, 0.25) is 5.02 Å². The molecule has 4 saturated carbocycles. The van der Waals surface area contributed by atoms with Crippen LogP contribution in [0.1, 0.15) is 48.8 Å². The van der Waals surface area contributed by atoms with Crippen LogP contribution in [0, 0.1) is 23.7 Å². The second-order valence-electron chi connectivity index (χ2n) is 10.7. The molecule has 7 rings (SSSR count). The lowest BCUT2D eigenvalue weighted by Gasteiger charge is -2.68. The Morgan fingerprint density at radius 1 is 1.05 bits per heavy atom. The Kier molecular flexibility index (Phi) is 7.16. The van der Waals surface area contributed by atoms with Gasteiger partial charge in [0.25, 0.3) is 12.3 Å². The molecule has 39 heavy (non-hydrogen) atoms. The number of rotatable bonds is 10. The Morgan fingerprint density at radius 3 is 2.31 bits per heavy atom. The first kappa shape index (κ1) is 26.7. The van der Waals surface area contributed by atoms with Gasteiger partial charge in [0, 0.05) is 22.8 Å². The van der Waals surface area contributed by atoms with E-state index < -0.39 is 19.6 Å². The highest BCUT2D eigenvalue weighted by molar-refractivity contribution is 7.32. The number of ether oxygens (including phenoxy) is 3. The fraction of sp³-hybridized carbons (Fsp3) is 0.464. The summed E-state index contributed by atoms with van der Waals surface area (Å²) in [5.41, 5.74) is 1.38. The third kappa shape index (κ3) is 4.36. The van der Waals surface area contributed by atoms with Gasteiger partial charge in [-0.05, 0) is 79.5 Å². The summed E-state index contributed by atoms with van der Waals surface area (Å²) in [6.45, 7) is 0.466. The van der Waals surface area contributed by atoms with E-state index in [0.717, 1.165) is 43.1 Å². The van der Waals surface area contributed by atoms with Gasteiger partial charge in [0.2, 0.25) is 0 Å². The van der Waals surface area contributed by atoms with E-state index in [-0.39, 0.29) is 12.4 Å². The van der Waals surface area contributed by atoms with Crippen molar-refractivity contribution in [2.45, 2.75) is 50.1 Å². The summed E-state index contributed by atoms with van der Waals surface area (Å²) in [4.78, 5) is 31.6. The summed E-state index contributed by atoms with van der Waals surface area (Å²) in [5, 5.41) is 0.318. The summed E-state index contributed by atoms with van der Waals surface area (Å²) in [6.07, 6.45) is 8.52. The second kappa shape index (κ2) is 10.5. The molecule has 1 spiro atoms. The first-order valence-electron chi connectivity index (χ1n) is 13.0. The van der Waals surface area contributed by atoms with Crippen molar-refractivity contribution < 1.29 is 42.8 Å². The molecule has 2 aromatic carbocycles. The van der Waals surface area contributed by atoms with Crippen LogP contribution < -0.4 is 9.26 Å². The van der Waals surface area contributed by atoms with Gasteiger partial charge in [-0.15, -0.1) is 4.89 Å². The van der Waals surface area contributed by atoms with E-state index in [1.165, 1.54) is 12.7 Å². The number of benzene rings is 2. The molecular formula is C28H29ClO9P+. The maximum atomic E-state index is 10.9. The van der Waals surface area contributed by atoms with Gasteiger partial charge in [0.1, 0.15) is 12.4 Å². The molecule has 0 aromatic heterocycles. The predicted molar refractivity (Wildman–Crippen MR) is 139 cm³/mol. The van der Waals surface area contributed by atoms with E-state index >= 15 is 0 Å². The standard InChI is InChI=1S/C28H28ClO9P/c1-33-28(27(37-38-28)21-11-18-10-19(13-21)14-22(27)12-18)24-7-4-20(8-9-34-16-30)26(25(24)29)35-15-17-2-5-23(6-3-17)36-39(31)32/h2-9,16,18-19,21-22H,10-15H2,1H3/p+1/b9-8+. The van der Waals surface area contributed by atoms with Crippen molar-refractivity contribution in [3.8, 4) is 11.5 Å². The van der Waals surface area contributed by atoms with E-state index in [2.05, 4.69) is 0 Å². The van der Waals surface area contributed by atoms with Crippen molar-refractivity contribution in [2.75, 3.05) is 7.11 Å². The molecule has 11 heteroatoms. The molecular weight excluding hydrogens is 547 g/mol. The molecule has 0 amide bonds. The monoisotopic (exact) mass is 575 g/mol. The lowest BCUT2D eigenvalue weighted by atomic mass is 9.47. The molecule has 4 aliphatic carbocycles. The van der Waals surface area contributed by atoms with Crippen molar-refractivity contribution in [1.29, 1.82) is 0 Å². The lowest BCUT2D eigenvalue weighted by molar-refractivity contribution is -0.645. The summed E-state index contributed by atoms with van der Waals surface area (Å²) >= 11 is 7.08. The molecule has 5 aliphatic rings. The Bertz CT molecular complexity index is 1260. The highest BCUT2D eigenvalue weighted by Crippen LogP contribution is 2.70. The fourth-order valence-electron chi connectivity index (χ4n) is 7.47. The molecule has 0 radical (unpaired) electrons.